The number of carbonyl (C=O) groups excluding carboxylic acids is 1. The molecule has 1 aliphatic heterocycles. The van der Waals surface area contributed by atoms with Crippen LogP contribution in [0.15, 0.2) is 47.2 Å². The van der Waals surface area contributed by atoms with Gasteiger partial charge < -0.3 is 15.6 Å². The molecule has 7 heteroatoms. The molecule has 0 spiro atoms. The molecule has 1 fully saturated rings. The van der Waals surface area contributed by atoms with Crippen molar-refractivity contribution in [1.82, 2.24) is 9.88 Å². The van der Waals surface area contributed by atoms with Crippen LogP contribution < -0.4 is 5.73 Å². The van der Waals surface area contributed by atoms with Gasteiger partial charge in [-0.3, -0.25) is 9.88 Å². The summed E-state index contributed by atoms with van der Waals surface area (Å²) in [6, 6.07) is 8.98. The van der Waals surface area contributed by atoms with Crippen LogP contribution in [0, 0.1) is 0 Å². The molecule has 1 unspecified atom stereocenters. The standard InChI is InChI=1S/C22H28BrN3O3/c1-22(2,3)29-21(28)26-16(11-14-6-8-18(24)17(23)12-14)7-9-19(26)20(27)15-5-4-10-25-13-15/h4-6,8,10,12-13,16,19-20,27H,7,9,11,24H2,1-3H3/t16?,19-,20-/m1/s1. The van der Waals surface area contributed by atoms with Crippen molar-refractivity contribution < 1.29 is 14.6 Å². The molecule has 3 N–H and O–H groups in total. The maximum Gasteiger partial charge on any atom is 0.410 e. The molecular weight excluding hydrogens is 434 g/mol. The lowest BCUT2D eigenvalue weighted by atomic mass is 10.0. The second-order valence-electron chi connectivity index (χ2n) is 8.48. The number of anilines is 1. The van der Waals surface area contributed by atoms with Crippen molar-refractivity contribution in [3.05, 3.63) is 58.3 Å². The second-order valence-corrected chi connectivity index (χ2v) is 9.33. The third kappa shape index (κ3) is 5.28. The smallest absolute Gasteiger partial charge is 0.410 e. The fourth-order valence-electron chi connectivity index (χ4n) is 3.76. The fourth-order valence-corrected chi connectivity index (χ4v) is 4.19. The van der Waals surface area contributed by atoms with Gasteiger partial charge in [-0.1, -0.05) is 12.1 Å². The number of amides is 1. The summed E-state index contributed by atoms with van der Waals surface area (Å²) >= 11 is 3.47. The van der Waals surface area contributed by atoms with Gasteiger partial charge in [-0.25, -0.2) is 4.79 Å². The molecule has 0 radical (unpaired) electrons. The first-order chi connectivity index (χ1) is 13.7. The predicted molar refractivity (Wildman–Crippen MR) is 116 cm³/mol. The number of rotatable bonds is 4. The highest BCUT2D eigenvalue weighted by molar-refractivity contribution is 9.10. The number of aliphatic hydroxyl groups excluding tert-OH is 1. The lowest BCUT2D eigenvalue weighted by Gasteiger charge is -2.34. The van der Waals surface area contributed by atoms with Crippen molar-refractivity contribution in [2.75, 3.05) is 5.73 Å². The minimum atomic E-state index is -0.820. The lowest BCUT2D eigenvalue weighted by Crippen LogP contribution is -2.47. The van der Waals surface area contributed by atoms with E-state index in [9.17, 15) is 9.90 Å². The number of pyridine rings is 1. The summed E-state index contributed by atoms with van der Waals surface area (Å²) in [5, 5.41) is 11.0. The van der Waals surface area contributed by atoms with E-state index in [1.54, 1.807) is 23.4 Å². The molecule has 156 valence electrons. The summed E-state index contributed by atoms with van der Waals surface area (Å²) < 4.78 is 6.52. The van der Waals surface area contributed by atoms with Gasteiger partial charge in [-0.15, -0.1) is 0 Å². The molecule has 2 heterocycles. The van der Waals surface area contributed by atoms with Gasteiger partial charge in [0.2, 0.25) is 0 Å². The molecule has 0 bridgehead atoms. The first-order valence-electron chi connectivity index (χ1n) is 9.79. The maximum atomic E-state index is 13.1. The van der Waals surface area contributed by atoms with Crippen molar-refractivity contribution in [1.29, 1.82) is 0 Å². The Morgan fingerprint density at radius 1 is 1.38 bits per heavy atom. The van der Waals surface area contributed by atoms with Crippen LogP contribution in [0.25, 0.3) is 0 Å². The number of likely N-dealkylation sites (tertiary alicyclic amines) is 1. The van der Waals surface area contributed by atoms with Crippen LogP contribution in [-0.2, 0) is 11.2 Å². The number of nitrogen functional groups attached to an aromatic ring is 1. The summed E-state index contributed by atoms with van der Waals surface area (Å²) in [6.45, 7) is 5.54. The molecule has 1 aromatic heterocycles. The number of aliphatic hydroxyl groups is 1. The van der Waals surface area contributed by atoms with Crippen molar-refractivity contribution >= 4 is 27.7 Å². The molecule has 1 saturated heterocycles. The number of carbonyl (C=O) groups is 1. The number of hydrogen-bond acceptors (Lipinski definition) is 5. The summed E-state index contributed by atoms with van der Waals surface area (Å²) in [6.07, 6.45) is 4.22. The van der Waals surface area contributed by atoms with Crippen molar-refractivity contribution in [2.24, 2.45) is 0 Å². The molecule has 0 saturated carbocycles. The van der Waals surface area contributed by atoms with Crippen LogP contribution in [0.4, 0.5) is 10.5 Å². The van der Waals surface area contributed by atoms with Gasteiger partial charge in [-0.05, 0) is 79.7 Å². The Balaban J connectivity index is 1.86. The molecule has 3 rings (SSSR count). The largest absolute Gasteiger partial charge is 0.444 e. The first-order valence-corrected chi connectivity index (χ1v) is 10.6. The fraction of sp³-hybridized carbons (Fsp3) is 0.455. The Labute approximate surface area is 180 Å². The SMILES string of the molecule is CC(C)(C)OC(=O)N1C(Cc2ccc(N)c(Br)c2)CC[C@@H]1[C@H](O)c1cccnc1. The molecule has 3 atom stereocenters. The lowest BCUT2D eigenvalue weighted by molar-refractivity contribution is -0.00458. The first kappa shape index (κ1) is 21.6. The highest BCUT2D eigenvalue weighted by Crippen LogP contribution is 2.36. The van der Waals surface area contributed by atoms with Crippen molar-refractivity contribution in [3.8, 4) is 0 Å². The summed E-state index contributed by atoms with van der Waals surface area (Å²) in [7, 11) is 0. The third-order valence-electron chi connectivity index (χ3n) is 5.08. The minimum Gasteiger partial charge on any atom is -0.444 e. The molecular formula is C22H28BrN3O3. The average Bonchev–Trinajstić information content (AvgIpc) is 3.07. The Kier molecular flexibility index (Phi) is 6.49. The number of halogens is 1. The van der Waals surface area contributed by atoms with Gasteiger partial charge in [0.25, 0.3) is 0 Å². The van der Waals surface area contributed by atoms with E-state index in [2.05, 4.69) is 20.9 Å². The zero-order valence-electron chi connectivity index (χ0n) is 17.0. The topological polar surface area (TPSA) is 88.7 Å². The number of nitrogens with zero attached hydrogens (tertiary/aromatic N) is 2. The third-order valence-corrected chi connectivity index (χ3v) is 5.76. The van der Waals surface area contributed by atoms with E-state index >= 15 is 0 Å². The number of hydrogen-bond donors (Lipinski definition) is 2. The number of benzene rings is 1. The normalized spacial score (nSPS) is 20.5. The minimum absolute atomic E-state index is 0.0725. The Hall–Kier alpha value is -2.12. The van der Waals surface area contributed by atoms with Gasteiger partial charge in [0.05, 0.1) is 6.04 Å². The van der Waals surface area contributed by atoms with Crippen LogP contribution >= 0.6 is 15.9 Å². The second kappa shape index (κ2) is 8.71. The number of ether oxygens (including phenoxy) is 1. The molecule has 1 amide bonds. The van der Waals surface area contributed by atoms with Crippen LogP contribution in [0.2, 0.25) is 0 Å². The zero-order valence-corrected chi connectivity index (χ0v) is 18.6. The zero-order chi connectivity index (χ0) is 21.2. The molecule has 0 aliphatic carbocycles. The van der Waals surface area contributed by atoms with E-state index in [4.69, 9.17) is 10.5 Å². The van der Waals surface area contributed by atoms with E-state index < -0.39 is 17.8 Å². The molecule has 1 aromatic carbocycles. The summed E-state index contributed by atoms with van der Waals surface area (Å²) in [5.41, 5.74) is 7.73. The van der Waals surface area contributed by atoms with E-state index in [-0.39, 0.29) is 12.1 Å². The van der Waals surface area contributed by atoms with Gasteiger partial charge in [0.15, 0.2) is 0 Å². The maximum absolute atomic E-state index is 13.1. The number of aromatic nitrogens is 1. The predicted octanol–water partition coefficient (Wildman–Crippen LogP) is 4.47. The van der Waals surface area contributed by atoms with Crippen molar-refractivity contribution in [2.45, 2.75) is 63.8 Å². The monoisotopic (exact) mass is 461 g/mol. The van der Waals surface area contributed by atoms with E-state index in [1.165, 1.54) is 0 Å². The van der Waals surface area contributed by atoms with Crippen LogP contribution in [0.3, 0.4) is 0 Å². The van der Waals surface area contributed by atoms with Gasteiger partial charge in [-0.2, -0.15) is 0 Å². The quantitative estimate of drug-likeness (QED) is 0.655. The highest BCUT2D eigenvalue weighted by atomic mass is 79.9. The Bertz CT molecular complexity index is 854. The van der Waals surface area contributed by atoms with Gasteiger partial charge in [0, 0.05) is 34.2 Å². The number of nitrogens with two attached hydrogens (primary N) is 1. The van der Waals surface area contributed by atoms with Gasteiger partial charge in [0.1, 0.15) is 11.7 Å². The molecule has 29 heavy (non-hydrogen) atoms. The Morgan fingerprint density at radius 2 is 2.14 bits per heavy atom. The van der Waals surface area contributed by atoms with E-state index in [0.29, 0.717) is 24.1 Å². The van der Waals surface area contributed by atoms with Crippen LogP contribution in [0.1, 0.15) is 50.8 Å². The summed E-state index contributed by atoms with van der Waals surface area (Å²) in [5.74, 6) is 0. The van der Waals surface area contributed by atoms with Crippen LogP contribution in [0.5, 0.6) is 0 Å². The van der Waals surface area contributed by atoms with Crippen LogP contribution in [-0.4, -0.2) is 38.8 Å². The van der Waals surface area contributed by atoms with E-state index in [0.717, 1.165) is 16.5 Å². The molecule has 2 aromatic rings. The van der Waals surface area contributed by atoms with Crippen molar-refractivity contribution in [3.63, 3.8) is 0 Å². The molecule has 1 aliphatic rings. The highest BCUT2D eigenvalue weighted by Gasteiger charge is 2.43. The summed E-state index contributed by atoms with van der Waals surface area (Å²) in [4.78, 5) is 18.9. The van der Waals surface area contributed by atoms with Gasteiger partial charge >= 0.3 is 6.09 Å². The Morgan fingerprint density at radius 3 is 2.76 bits per heavy atom. The van der Waals surface area contributed by atoms with E-state index in [1.807, 2.05) is 45.0 Å². The molecule has 6 nitrogen and oxygen atoms in total. The average molecular weight is 462 g/mol.